The highest BCUT2D eigenvalue weighted by atomic mass is 32.2. The summed E-state index contributed by atoms with van der Waals surface area (Å²) in [7, 11) is 0. The molecule has 0 aliphatic carbocycles. The van der Waals surface area contributed by atoms with Crippen molar-refractivity contribution in [1.82, 2.24) is 10.0 Å². The lowest BCUT2D eigenvalue weighted by molar-refractivity contribution is -0.130. The monoisotopic (exact) mass is 220 g/mol. The van der Waals surface area contributed by atoms with Crippen LogP contribution in [0.3, 0.4) is 0 Å². The summed E-state index contributed by atoms with van der Waals surface area (Å²) in [5.74, 6) is -0.452. The SMILES string of the molecule is CSNC(=O)COCC(=O)NC(C)C. The minimum absolute atomic E-state index is 0.0834. The molecule has 0 aliphatic rings. The van der Waals surface area contributed by atoms with Crippen LogP contribution >= 0.6 is 11.9 Å². The Morgan fingerprint density at radius 1 is 1.29 bits per heavy atom. The molecule has 0 saturated heterocycles. The molecule has 6 heteroatoms. The van der Waals surface area contributed by atoms with Crippen molar-refractivity contribution in [3.05, 3.63) is 0 Å². The molecule has 2 amide bonds. The van der Waals surface area contributed by atoms with Gasteiger partial charge in [-0.2, -0.15) is 0 Å². The third-order valence-electron chi connectivity index (χ3n) is 1.13. The third-order valence-corrected chi connectivity index (χ3v) is 1.56. The Hall–Kier alpha value is -0.750. The molecule has 82 valence electrons. The lowest BCUT2D eigenvalue weighted by atomic mass is 10.4. The van der Waals surface area contributed by atoms with Crippen molar-refractivity contribution in [2.75, 3.05) is 19.5 Å². The summed E-state index contributed by atoms with van der Waals surface area (Å²) in [6.07, 6.45) is 1.74. The first-order chi connectivity index (χ1) is 6.56. The molecular weight excluding hydrogens is 204 g/mol. The number of hydrogen-bond donors (Lipinski definition) is 2. The minimum Gasteiger partial charge on any atom is -0.362 e. The van der Waals surface area contributed by atoms with Gasteiger partial charge in [-0.25, -0.2) is 0 Å². The lowest BCUT2D eigenvalue weighted by Gasteiger charge is -2.08. The van der Waals surface area contributed by atoms with Crippen LogP contribution < -0.4 is 10.0 Å². The number of carbonyl (C=O) groups excluding carboxylic acids is 2. The van der Waals surface area contributed by atoms with Gasteiger partial charge in [-0.3, -0.25) is 14.3 Å². The highest BCUT2D eigenvalue weighted by Gasteiger charge is 2.05. The van der Waals surface area contributed by atoms with Crippen LogP contribution in [0.2, 0.25) is 0 Å². The molecule has 5 nitrogen and oxygen atoms in total. The number of hydrogen-bond acceptors (Lipinski definition) is 4. The molecule has 2 N–H and O–H groups in total. The second kappa shape index (κ2) is 7.64. The topological polar surface area (TPSA) is 67.4 Å². The molecular formula is C8H16N2O3S. The van der Waals surface area contributed by atoms with Crippen molar-refractivity contribution in [1.29, 1.82) is 0 Å². The molecule has 0 heterocycles. The van der Waals surface area contributed by atoms with E-state index >= 15 is 0 Å². The van der Waals surface area contributed by atoms with Gasteiger partial charge in [-0.15, -0.1) is 0 Å². The molecule has 0 aromatic carbocycles. The zero-order valence-electron chi connectivity index (χ0n) is 8.62. The highest BCUT2D eigenvalue weighted by molar-refractivity contribution is 7.97. The maximum Gasteiger partial charge on any atom is 0.255 e. The van der Waals surface area contributed by atoms with Crippen LogP contribution in [-0.2, 0) is 14.3 Å². The van der Waals surface area contributed by atoms with E-state index in [0.29, 0.717) is 0 Å². The van der Waals surface area contributed by atoms with E-state index in [1.807, 2.05) is 13.8 Å². The van der Waals surface area contributed by atoms with Gasteiger partial charge in [-0.05, 0) is 13.8 Å². The molecule has 0 aromatic rings. The van der Waals surface area contributed by atoms with E-state index in [9.17, 15) is 9.59 Å². The highest BCUT2D eigenvalue weighted by Crippen LogP contribution is 1.84. The van der Waals surface area contributed by atoms with Crippen LogP contribution in [0.5, 0.6) is 0 Å². The summed E-state index contributed by atoms with van der Waals surface area (Å²) in [6, 6.07) is 0.0890. The molecule has 0 atom stereocenters. The average molecular weight is 220 g/mol. The Labute approximate surface area is 88.1 Å². The average Bonchev–Trinajstić information content (AvgIpc) is 2.02. The number of rotatable bonds is 6. The van der Waals surface area contributed by atoms with Crippen molar-refractivity contribution >= 4 is 23.8 Å². The molecule has 0 bridgehead atoms. The van der Waals surface area contributed by atoms with Gasteiger partial charge in [0.05, 0.1) is 0 Å². The van der Waals surface area contributed by atoms with E-state index in [2.05, 4.69) is 10.0 Å². The first-order valence-electron chi connectivity index (χ1n) is 4.25. The van der Waals surface area contributed by atoms with E-state index in [-0.39, 0.29) is 31.1 Å². The summed E-state index contributed by atoms with van der Waals surface area (Å²) in [4.78, 5) is 21.9. The van der Waals surface area contributed by atoms with Gasteiger partial charge in [0.25, 0.3) is 5.91 Å². The second-order valence-corrected chi connectivity index (χ2v) is 3.56. The standard InChI is InChI=1S/C8H16N2O3S/c1-6(2)9-7(11)4-13-5-8(12)10-14-3/h6H,4-5H2,1-3H3,(H,9,11)(H,10,12). The van der Waals surface area contributed by atoms with Crippen molar-refractivity contribution in [3.8, 4) is 0 Å². The van der Waals surface area contributed by atoms with Crippen LogP contribution in [0.4, 0.5) is 0 Å². The third kappa shape index (κ3) is 7.88. The van der Waals surface area contributed by atoms with Crippen LogP contribution in [0.1, 0.15) is 13.8 Å². The first-order valence-corrected chi connectivity index (χ1v) is 5.47. The summed E-state index contributed by atoms with van der Waals surface area (Å²) in [5, 5.41) is 2.65. The predicted octanol–water partition coefficient (Wildman–Crippen LogP) is -0.0782. The van der Waals surface area contributed by atoms with Crippen LogP contribution in [0.15, 0.2) is 0 Å². The van der Waals surface area contributed by atoms with E-state index in [1.54, 1.807) is 6.26 Å². The smallest absolute Gasteiger partial charge is 0.255 e. The molecule has 0 fully saturated rings. The van der Waals surface area contributed by atoms with Gasteiger partial charge in [0.2, 0.25) is 5.91 Å². The van der Waals surface area contributed by atoms with Crippen LogP contribution in [0.25, 0.3) is 0 Å². The van der Waals surface area contributed by atoms with Gasteiger partial charge >= 0.3 is 0 Å². The first kappa shape index (κ1) is 13.2. The van der Waals surface area contributed by atoms with Crippen molar-refractivity contribution in [2.24, 2.45) is 0 Å². The molecule has 0 saturated carbocycles. The molecule has 0 rings (SSSR count). The van der Waals surface area contributed by atoms with Crippen molar-refractivity contribution in [3.63, 3.8) is 0 Å². The van der Waals surface area contributed by atoms with Crippen molar-refractivity contribution in [2.45, 2.75) is 19.9 Å². The summed E-state index contributed by atoms with van der Waals surface area (Å²) < 4.78 is 7.35. The quantitative estimate of drug-likeness (QED) is 0.614. The normalized spacial score (nSPS) is 10.0. The van der Waals surface area contributed by atoms with Gasteiger partial charge < -0.3 is 10.1 Å². The maximum absolute atomic E-state index is 11.0. The molecule has 0 aromatic heterocycles. The van der Waals surface area contributed by atoms with Crippen LogP contribution in [0, 0.1) is 0 Å². The Balaban J connectivity index is 3.44. The Kier molecular flexibility index (Phi) is 7.23. The van der Waals surface area contributed by atoms with E-state index in [0.717, 1.165) is 0 Å². The molecule has 0 unspecified atom stereocenters. The molecule has 14 heavy (non-hydrogen) atoms. The number of amides is 2. The Morgan fingerprint density at radius 3 is 2.36 bits per heavy atom. The summed E-state index contributed by atoms with van der Waals surface area (Å²) in [6.45, 7) is 3.54. The fraction of sp³-hybridized carbons (Fsp3) is 0.750. The lowest BCUT2D eigenvalue weighted by Crippen LogP contribution is -2.34. The zero-order chi connectivity index (χ0) is 11.0. The summed E-state index contributed by atoms with van der Waals surface area (Å²) in [5.41, 5.74) is 0. The van der Waals surface area contributed by atoms with Gasteiger partial charge in [-0.1, -0.05) is 11.9 Å². The van der Waals surface area contributed by atoms with Gasteiger partial charge in [0, 0.05) is 12.3 Å². The summed E-state index contributed by atoms with van der Waals surface area (Å²) >= 11 is 1.20. The number of ether oxygens (including phenoxy) is 1. The molecule has 0 radical (unpaired) electrons. The fourth-order valence-corrected chi connectivity index (χ4v) is 1.03. The van der Waals surface area contributed by atoms with E-state index in [1.165, 1.54) is 11.9 Å². The number of carbonyl (C=O) groups is 2. The molecule has 0 aliphatic heterocycles. The Morgan fingerprint density at radius 2 is 1.86 bits per heavy atom. The number of nitrogens with one attached hydrogen (secondary N) is 2. The van der Waals surface area contributed by atoms with E-state index in [4.69, 9.17) is 4.74 Å². The van der Waals surface area contributed by atoms with Crippen LogP contribution in [-0.4, -0.2) is 37.3 Å². The van der Waals surface area contributed by atoms with Gasteiger partial charge in [0.15, 0.2) is 0 Å². The largest absolute Gasteiger partial charge is 0.362 e. The fourth-order valence-electron chi connectivity index (χ4n) is 0.743. The van der Waals surface area contributed by atoms with Gasteiger partial charge in [0.1, 0.15) is 13.2 Å². The van der Waals surface area contributed by atoms with Crippen molar-refractivity contribution < 1.29 is 14.3 Å². The zero-order valence-corrected chi connectivity index (χ0v) is 9.44. The predicted molar refractivity (Wildman–Crippen MR) is 55.8 cm³/mol. The Bertz CT molecular complexity index is 197. The second-order valence-electron chi connectivity index (χ2n) is 2.94. The molecule has 0 spiro atoms. The minimum atomic E-state index is -0.241. The maximum atomic E-state index is 11.0. The van der Waals surface area contributed by atoms with E-state index < -0.39 is 0 Å².